The third-order valence-corrected chi connectivity index (χ3v) is 2.53. The fourth-order valence-electron chi connectivity index (χ4n) is 1.57. The van der Waals surface area contributed by atoms with E-state index in [1.807, 2.05) is 6.92 Å². The number of nitrogens with zero attached hydrogens (tertiary/aromatic N) is 2. The van der Waals surface area contributed by atoms with E-state index in [2.05, 4.69) is 15.3 Å². The number of ether oxygens (including phenoxy) is 1. The SMILES string of the molecule is COc1ccc(Cl)cc1Nc1cc(C)nc(N)n1. The van der Waals surface area contributed by atoms with Crippen LogP contribution in [0.15, 0.2) is 24.3 Å². The van der Waals surface area contributed by atoms with Gasteiger partial charge < -0.3 is 15.8 Å². The minimum Gasteiger partial charge on any atom is -0.495 e. The molecule has 5 nitrogen and oxygen atoms in total. The molecule has 0 spiro atoms. The Bertz CT molecular complexity index is 554. The molecule has 18 heavy (non-hydrogen) atoms. The number of methoxy groups -OCH3 is 1. The number of aromatic nitrogens is 2. The Morgan fingerprint density at radius 1 is 1.28 bits per heavy atom. The van der Waals surface area contributed by atoms with E-state index in [9.17, 15) is 0 Å². The zero-order valence-corrected chi connectivity index (χ0v) is 10.8. The van der Waals surface area contributed by atoms with Gasteiger partial charge in [-0.15, -0.1) is 0 Å². The van der Waals surface area contributed by atoms with Gasteiger partial charge in [0.15, 0.2) is 0 Å². The molecule has 2 aromatic rings. The van der Waals surface area contributed by atoms with Crippen LogP contribution in [0.1, 0.15) is 5.69 Å². The number of halogens is 1. The van der Waals surface area contributed by atoms with E-state index < -0.39 is 0 Å². The summed E-state index contributed by atoms with van der Waals surface area (Å²) in [5.41, 5.74) is 7.10. The first-order chi connectivity index (χ1) is 8.58. The Balaban J connectivity index is 2.35. The van der Waals surface area contributed by atoms with Crippen LogP contribution in [-0.4, -0.2) is 17.1 Å². The second kappa shape index (κ2) is 5.10. The summed E-state index contributed by atoms with van der Waals surface area (Å²) in [6.45, 7) is 1.85. The highest BCUT2D eigenvalue weighted by Gasteiger charge is 2.06. The summed E-state index contributed by atoms with van der Waals surface area (Å²) in [6.07, 6.45) is 0. The third-order valence-electron chi connectivity index (χ3n) is 2.30. The second-order valence-corrected chi connectivity index (χ2v) is 4.16. The van der Waals surface area contributed by atoms with Gasteiger partial charge in [0.05, 0.1) is 12.8 Å². The van der Waals surface area contributed by atoms with Crippen LogP contribution in [0.2, 0.25) is 5.02 Å². The van der Waals surface area contributed by atoms with Gasteiger partial charge in [-0.25, -0.2) is 4.98 Å². The number of nitrogen functional groups attached to an aromatic ring is 1. The average molecular weight is 265 g/mol. The smallest absolute Gasteiger partial charge is 0.222 e. The Labute approximate surface area is 110 Å². The molecule has 0 aliphatic carbocycles. The monoisotopic (exact) mass is 264 g/mol. The van der Waals surface area contributed by atoms with E-state index >= 15 is 0 Å². The lowest BCUT2D eigenvalue weighted by Crippen LogP contribution is -2.02. The van der Waals surface area contributed by atoms with Crippen molar-refractivity contribution < 1.29 is 4.74 Å². The quantitative estimate of drug-likeness (QED) is 0.892. The molecule has 0 fully saturated rings. The van der Waals surface area contributed by atoms with Crippen LogP contribution in [0.3, 0.4) is 0 Å². The number of aryl methyl sites for hydroxylation is 1. The predicted molar refractivity (Wildman–Crippen MR) is 72.5 cm³/mol. The highest BCUT2D eigenvalue weighted by molar-refractivity contribution is 6.31. The van der Waals surface area contributed by atoms with Gasteiger partial charge in [-0.1, -0.05) is 11.6 Å². The number of hydrogen-bond donors (Lipinski definition) is 2. The maximum atomic E-state index is 5.95. The zero-order valence-electron chi connectivity index (χ0n) is 10.1. The molecule has 0 aliphatic rings. The van der Waals surface area contributed by atoms with Crippen molar-refractivity contribution in [2.75, 3.05) is 18.2 Å². The molecule has 0 radical (unpaired) electrons. The van der Waals surface area contributed by atoms with Crippen LogP contribution in [-0.2, 0) is 0 Å². The molecule has 0 saturated heterocycles. The van der Waals surface area contributed by atoms with E-state index in [1.165, 1.54) is 0 Å². The molecule has 0 unspecified atom stereocenters. The first kappa shape index (κ1) is 12.4. The van der Waals surface area contributed by atoms with Gasteiger partial charge in [-0.2, -0.15) is 4.98 Å². The first-order valence-corrected chi connectivity index (χ1v) is 5.68. The summed E-state index contributed by atoms with van der Waals surface area (Å²) in [5.74, 6) is 1.49. The molecule has 6 heteroatoms. The van der Waals surface area contributed by atoms with Crippen molar-refractivity contribution in [3.63, 3.8) is 0 Å². The molecule has 2 rings (SSSR count). The minimum absolute atomic E-state index is 0.221. The Morgan fingerprint density at radius 2 is 2.06 bits per heavy atom. The van der Waals surface area contributed by atoms with Crippen molar-refractivity contribution in [1.82, 2.24) is 9.97 Å². The molecule has 0 amide bonds. The van der Waals surface area contributed by atoms with Crippen molar-refractivity contribution >= 4 is 29.1 Å². The van der Waals surface area contributed by atoms with E-state index in [0.717, 1.165) is 11.4 Å². The van der Waals surface area contributed by atoms with Crippen LogP contribution >= 0.6 is 11.6 Å². The fourth-order valence-corrected chi connectivity index (χ4v) is 1.74. The maximum absolute atomic E-state index is 5.95. The molecule has 94 valence electrons. The van der Waals surface area contributed by atoms with E-state index in [0.29, 0.717) is 16.6 Å². The molecule has 0 bridgehead atoms. The molecule has 1 aromatic carbocycles. The van der Waals surface area contributed by atoms with Gasteiger partial charge in [-0.05, 0) is 25.1 Å². The normalized spacial score (nSPS) is 10.2. The summed E-state index contributed by atoms with van der Waals surface area (Å²) in [7, 11) is 1.59. The van der Waals surface area contributed by atoms with Crippen LogP contribution in [0.25, 0.3) is 0 Å². The maximum Gasteiger partial charge on any atom is 0.222 e. The standard InChI is InChI=1S/C12H13ClN4O/c1-7-5-11(17-12(14)15-7)16-9-6-8(13)3-4-10(9)18-2/h3-6H,1-2H3,(H3,14,15,16,17). The Morgan fingerprint density at radius 3 is 2.72 bits per heavy atom. The summed E-state index contributed by atoms with van der Waals surface area (Å²) < 4.78 is 5.24. The zero-order chi connectivity index (χ0) is 13.1. The van der Waals surface area contributed by atoms with E-state index in [1.54, 1.807) is 31.4 Å². The van der Waals surface area contributed by atoms with Crippen molar-refractivity contribution in [1.29, 1.82) is 0 Å². The van der Waals surface area contributed by atoms with Gasteiger partial charge in [0.1, 0.15) is 11.6 Å². The summed E-state index contributed by atoms with van der Waals surface area (Å²) in [5, 5.41) is 3.71. The van der Waals surface area contributed by atoms with E-state index in [-0.39, 0.29) is 5.95 Å². The summed E-state index contributed by atoms with van der Waals surface area (Å²) in [4.78, 5) is 8.10. The van der Waals surface area contributed by atoms with Crippen LogP contribution < -0.4 is 15.8 Å². The molecule has 0 aliphatic heterocycles. The molecule has 1 aromatic heterocycles. The highest BCUT2D eigenvalue weighted by Crippen LogP contribution is 2.30. The molecule has 3 N–H and O–H groups in total. The van der Waals surface area contributed by atoms with Crippen LogP contribution in [0.4, 0.5) is 17.5 Å². The van der Waals surface area contributed by atoms with Crippen molar-refractivity contribution in [2.45, 2.75) is 6.92 Å². The molecular formula is C12H13ClN4O. The number of anilines is 3. The number of benzene rings is 1. The molecular weight excluding hydrogens is 252 g/mol. The van der Waals surface area contributed by atoms with Crippen LogP contribution in [0, 0.1) is 6.92 Å². The van der Waals surface area contributed by atoms with Crippen molar-refractivity contribution in [3.05, 3.63) is 35.0 Å². The van der Waals surface area contributed by atoms with Crippen LogP contribution in [0.5, 0.6) is 5.75 Å². The van der Waals surface area contributed by atoms with Gasteiger partial charge >= 0.3 is 0 Å². The predicted octanol–water partition coefficient (Wildman–Crippen LogP) is 2.77. The lowest BCUT2D eigenvalue weighted by atomic mass is 10.3. The minimum atomic E-state index is 0.221. The van der Waals surface area contributed by atoms with Crippen molar-refractivity contribution in [2.24, 2.45) is 0 Å². The topological polar surface area (TPSA) is 73.1 Å². The summed E-state index contributed by atoms with van der Waals surface area (Å²) in [6, 6.07) is 7.08. The second-order valence-electron chi connectivity index (χ2n) is 3.72. The highest BCUT2D eigenvalue weighted by atomic mass is 35.5. The molecule has 1 heterocycles. The third kappa shape index (κ3) is 2.81. The van der Waals surface area contributed by atoms with Crippen molar-refractivity contribution in [3.8, 4) is 5.75 Å². The Hall–Kier alpha value is -2.01. The van der Waals surface area contributed by atoms with E-state index in [4.69, 9.17) is 22.1 Å². The van der Waals surface area contributed by atoms with Gasteiger partial charge in [0, 0.05) is 16.8 Å². The van der Waals surface area contributed by atoms with Gasteiger partial charge in [0.25, 0.3) is 0 Å². The van der Waals surface area contributed by atoms with Gasteiger partial charge in [0.2, 0.25) is 5.95 Å². The number of nitrogens with two attached hydrogens (primary N) is 1. The number of nitrogens with one attached hydrogen (secondary N) is 1. The summed E-state index contributed by atoms with van der Waals surface area (Å²) >= 11 is 5.95. The average Bonchev–Trinajstić information content (AvgIpc) is 2.27. The number of rotatable bonds is 3. The first-order valence-electron chi connectivity index (χ1n) is 5.30. The fraction of sp³-hybridized carbons (Fsp3) is 0.167. The lowest BCUT2D eigenvalue weighted by molar-refractivity contribution is 0.417. The largest absolute Gasteiger partial charge is 0.495 e. The molecule has 0 atom stereocenters. The van der Waals surface area contributed by atoms with Gasteiger partial charge in [-0.3, -0.25) is 0 Å². The Kier molecular flexibility index (Phi) is 3.53. The lowest BCUT2D eigenvalue weighted by Gasteiger charge is -2.11. The number of hydrogen-bond acceptors (Lipinski definition) is 5. The molecule has 0 saturated carbocycles.